The van der Waals surface area contributed by atoms with Crippen LogP contribution < -0.4 is 5.32 Å². The molecule has 0 amide bonds. The lowest BCUT2D eigenvalue weighted by Gasteiger charge is -2.32. The van der Waals surface area contributed by atoms with Gasteiger partial charge in [0.15, 0.2) is 0 Å². The van der Waals surface area contributed by atoms with Gasteiger partial charge in [0.05, 0.1) is 24.7 Å². The van der Waals surface area contributed by atoms with Crippen molar-refractivity contribution in [3.8, 4) is 0 Å². The first-order valence-corrected chi connectivity index (χ1v) is 6.37. The Morgan fingerprint density at radius 1 is 1.62 bits per heavy atom. The number of likely N-dealkylation sites (N-methyl/N-ethyl adjacent to an activating group) is 1. The maximum absolute atomic E-state index is 6.02. The van der Waals surface area contributed by atoms with Crippen LogP contribution in [0.1, 0.15) is 6.92 Å². The molecule has 16 heavy (non-hydrogen) atoms. The van der Waals surface area contributed by atoms with Gasteiger partial charge < -0.3 is 14.8 Å². The van der Waals surface area contributed by atoms with Crippen molar-refractivity contribution in [3.63, 3.8) is 0 Å². The minimum absolute atomic E-state index is 0.0378. The standard InChI is InChI=1S/C11H23ClN2O2/c1-3-14-4-5-16-11(8-14)7-13-6-10(12)9-15-2/h10-11,13H,3-9H2,1-2H3. The smallest absolute Gasteiger partial charge is 0.0826 e. The third kappa shape index (κ3) is 5.46. The Balaban J connectivity index is 2.08. The van der Waals surface area contributed by atoms with Gasteiger partial charge in [-0.2, -0.15) is 0 Å². The molecule has 1 aliphatic rings. The van der Waals surface area contributed by atoms with Gasteiger partial charge in [-0.05, 0) is 6.54 Å². The van der Waals surface area contributed by atoms with E-state index in [-0.39, 0.29) is 5.38 Å². The van der Waals surface area contributed by atoms with Crippen LogP contribution in [-0.2, 0) is 9.47 Å². The number of ether oxygens (including phenoxy) is 2. The number of morpholine rings is 1. The van der Waals surface area contributed by atoms with Crippen LogP contribution in [0, 0.1) is 0 Å². The average Bonchev–Trinajstić information content (AvgIpc) is 2.30. The van der Waals surface area contributed by atoms with Crippen LogP contribution in [0.4, 0.5) is 0 Å². The fourth-order valence-electron chi connectivity index (χ4n) is 1.83. The summed E-state index contributed by atoms with van der Waals surface area (Å²) in [5, 5.41) is 3.36. The summed E-state index contributed by atoms with van der Waals surface area (Å²) in [4.78, 5) is 2.41. The molecule has 1 aliphatic heterocycles. The second-order valence-corrected chi connectivity index (χ2v) is 4.71. The lowest BCUT2D eigenvalue weighted by atomic mass is 10.2. The van der Waals surface area contributed by atoms with Gasteiger partial charge in [-0.25, -0.2) is 0 Å². The first kappa shape index (κ1) is 14.2. The zero-order valence-electron chi connectivity index (χ0n) is 10.2. The second-order valence-electron chi connectivity index (χ2n) is 4.10. The molecule has 5 heteroatoms. The van der Waals surface area contributed by atoms with E-state index in [1.54, 1.807) is 7.11 Å². The molecule has 2 unspecified atom stereocenters. The van der Waals surface area contributed by atoms with Gasteiger partial charge in [0.1, 0.15) is 0 Å². The summed E-state index contributed by atoms with van der Waals surface area (Å²) in [6, 6.07) is 0. The quantitative estimate of drug-likeness (QED) is 0.670. The zero-order valence-corrected chi connectivity index (χ0v) is 11.0. The highest BCUT2D eigenvalue weighted by atomic mass is 35.5. The van der Waals surface area contributed by atoms with Gasteiger partial charge in [0, 0.05) is 33.3 Å². The molecule has 0 aromatic rings. The molecule has 2 atom stereocenters. The van der Waals surface area contributed by atoms with Crippen LogP contribution in [-0.4, -0.2) is 69.4 Å². The summed E-state index contributed by atoms with van der Waals surface area (Å²) in [6.07, 6.45) is 0.292. The number of halogens is 1. The molecule has 0 spiro atoms. The molecule has 96 valence electrons. The maximum atomic E-state index is 6.02. The Labute approximate surface area is 103 Å². The van der Waals surface area contributed by atoms with E-state index in [0.717, 1.165) is 39.3 Å². The molecule has 1 saturated heterocycles. The van der Waals surface area contributed by atoms with Crippen LogP contribution in [0.15, 0.2) is 0 Å². The number of nitrogens with zero attached hydrogens (tertiary/aromatic N) is 1. The Kier molecular flexibility index (Phi) is 7.32. The van der Waals surface area contributed by atoms with E-state index in [9.17, 15) is 0 Å². The van der Waals surface area contributed by atoms with Crippen molar-refractivity contribution in [2.24, 2.45) is 0 Å². The highest BCUT2D eigenvalue weighted by molar-refractivity contribution is 6.20. The van der Waals surface area contributed by atoms with Gasteiger partial charge in [-0.15, -0.1) is 11.6 Å². The molecule has 0 saturated carbocycles. The average molecular weight is 251 g/mol. The minimum atomic E-state index is 0.0378. The van der Waals surface area contributed by atoms with Crippen LogP contribution in [0.5, 0.6) is 0 Å². The van der Waals surface area contributed by atoms with Crippen molar-refractivity contribution in [2.45, 2.75) is 18.4 Å². The van der Waals surface area contributed by atoms with Crippen LogP contribution in [0.3, 0.4) is 0 Å². The topological polar surface area (TPSA) is 33.7 Å². The molecule has 1 rings (SSSR count). The molecular weight excluding hydrogens is 228 g/mol. The zero-order chi connectivity index (χ0) is 11.8. The molecule has 4 nitrogen and oxygen atoms in total. The summed E-state index contributed by atoms with van der Waals surface area (Å²) < 4.78 is 10.6. The number of alkyl halides is 1. The van der Waals surface area contributed by atoms with E-state index >= 15 is 0 Å². The van der Waals surface area contributed by atoms with Gasteiger partial charge in [-0.1, -0.05) is 6.92 Å². The van der Waals surface area contributed by atoms with E-state index in [1.165, 1.54) is 0 Å². The predicted octanol–water partition coefficient (Wildman–Crippen LogP) is 0.551. The van der Waals surface area contributed by atoms with E-state index < -0.39 is 0 Å². The van der Waals surface area contributed by atoms with Gasteiger partial charge >= 0.3 is 0 Å². The van der Waals surface area contributed by atoms with Crippen LogP contribution in [0.25, 0.3) is 0 Å². The van der Waals surface area contributed by atoms with Gasteiger partial charge in [0.25, 0.3) is 0 Å². The molecule has 1 heterocycles. The fourth-order valence-corrected chi connectivity index (χ4v) is 2.07. The lowest BCUT2D eigenvalue weighted by Crippen LogP contribution is -2.47. The SMILES string of the molecule is CCN1CCOC(CNCC(Cl)COC)C1. The number of nitrogens with one attached hydrogen (secondary N) is 1. The summed E-state index contributed by atoms with van der Waals surface area (Å²) in [6.45, 7) is 8.40. The maximum Gasteiger partial charge on any atom is 0.0826 e. The summed E-state index contributed by atoms with van der Waals surface area (Å²) in [7, 11) is 1.67. The third-order valence-corrected chi connectivity index (χ3v) is 3.04. The van der Waals surface area contributed by atoms with Crippen molar-refractivity contribution in [1.82, 2.24) is 10.2 Å². The van der Waals surface area contributed by atoms with Crippen molar-refractivity contribution >= 4 is 11.6 Å². The molecule has 0 bridgehead atoms. The molecule has 0 aromatic carbocycles. The predicted molar refractivity (Wildman–Crippen MR) is 66.2 cm³/mol. The number of methoxy groups -OCH3 is 1. The van der Waals surface area contributed by atoms with E-state index in [0.29, 0.717) is 12.7 Å². The number of hydrogen-bond donors (Lipinski definition) is 1. The van der Waals surface area contributed by atoms with Crippen molar-refractivity contribution in [1.29, 1.82) is 0 Å². The summed E-state index contributed by atoms with van der Waals surface area (Å²) in [5.41, 5.74) is 0. The van der Waals surface area contributed by atoms with Crippen molar-refractivity contribution in [2.75, 3.05) is 53.0 Å². The van der Waals surface area contributed by atoms with Crippen LogP contribution in [0.2, 0.25) is 0 Å². The molecule has 0 aliphatic carbocycles. The van der Waals surface area contributed by atoms with Gasteiger partial charge in [-0.3, -0.25) is 4.90 Å². The lowest BCUT2D eigenvalue weighted by molar-refractivity contribution is -0.0252. The minimum Gasteiger partial charge on any atom is -0.383 e. The van der Waals surface area contributed by atoms with E-state index in [2.05, 4.69) is 17.1 Å². The fraction of sp³-hybridized carbons (Fsp3) is 1.00. The Morgan fingerprint density at radius 2 is 2.44 bits per heavy atom. The number of hydrogen-bond acceptors (Lipinski definition) is 4. The highest BCUT2D eigenvalue weighted by Gasteiger charge is 2.18. The Bertz CT molecular complexity index is 183. The third-order valence-electron chi connectivity index (χ3n) is 2.76. The normalized spacial score (nSPS) is 24.6. The molecule has 1 fully saturated rings. The summed E-state index contributed by atoms with van der Waals surface area (Å²) >= 11 is 6.02. The molecule has 0 aromatic heterocycles. The first-order valence-electron chi connectivity index (χ1n) is 5.94. The van der Waals surface area contributed by atoms with Crippen molar-refractivity contribution in [3.05, 3.63) is 0 Å². The van der Waals surface area contributed by atoms with E-state index in [4.69, 9.17) is 21.1 Å². The first-order chi connectivity index (χ1) is 7.76. The van der Waals surface area contributed by atoms with Crippen molar-refractivity contribution < 1.29 is 9.47 Å². The molecule has 1 N–H and O–H groups in total. The van der Waals surface area contributed by atoms with E-state index in [1.807, 2.05) is 0 Å². The largest absolute Gasteiger partial charge is 0.383 e. The van der Waals surface area contributed by atoms with Gasteiger partial charge in [0.2, 0.25) is 0 Å². The Morgan fingerprint density at radius 3 is 3.12 bits per heavy atom. The highest BCUT2D eigenvalue weighted by Crippen LogP contribution is 2.04. The second kappa shape index (κ2) is 8.25. The molecular formula is C11H23ClN2O2. The molecule has 0 radical (unpaired) electrons. The Hall–Kier alpha value is 0.130. The summed E-state index contributed by atoms with van der Waals surface area (Å²) in [5.74, 6) is 0. The monoisotopic (exact) mass is 250 g/mol. The van der Waals surface area contributed by atoms with Crippen LogP contribution >= 0.6 is 11.6 Å². The number of rotatable bonds is 7.